The number of hydrogen-bond donors (Lipinski definition) is 8. The van der Waals surface area contributed by atoms with Crippen molar-refractivity contribution in [2.75, 3.05) is 125 Å². The summed E-state index contributed by atoms with van der Waals surface area (Å²) in [6.07, 6.45) is 12.9. The molecule has 0 radical (unpaired) electrons. The van der Waals surface area contributed by atoms with Gasteiger partial charge < -0.3 is 64.1 Å². The number of imidazole rings is 2. The lowest BCUT2D eigenvalue weighted by atomic mass is 10.2. The summed E-state index contributed by atoms with van der Waals surface area (Å²) in [5.41, 5.74) is 38.3. The lowest BCUT2D eigenvalue weighted by molar-refractivity contribution is -0.258. The number of nitrogens with one attached hydrogen (secondary N) is 1. The molecule has 0 atom stereocenters. The highest BCUT2D eigenvalue weighted by atomic mass is 19.3. The Labute approximate surface area is 386 Å². The Hall–Kier alpha value is -3.82. The molecular weight excluding hydrogens is 877 g/mol. The molecule has 15 N–H and O–H groups in total. The molecule has 3 saturated heterocycles. The molecule has 6 rings (SSSR count). The lowest BCUT2D eigenvalue weighted by Gasteiger charge is -2.26. The standard InChI is InChI=1S/C7H14N2O.C7H16N2O.C7H10N2.C6H11N3.C6H14N2O.C5H9N3.C4H5F6N/c8-4-2-6-9-5-1-3-7(9)10;8-2-1-3-9-4-6-10-7-5-9;8-5-4-7-3-1-2-6-9-7;7-2-1-4-9-5-3-8-6-9;7-1-2-8-3-5-9-6-4-8;6-2-1-5-3-7-4-8-5;5-2(6)4(9,10)3(7,8)1-11/h1-6,8H2;1-8H2;1-3,6H,4-5,8H2;3,5-6H,1-2,4,7H2;1-7H2;3-4H,1-2,6H2,(H,7,8);2H,1,11H2. The van der Waals surface area contributed by atoms with Gasteiger partial charge >= 0.3 is 18.3 Å². The van der Waals surface area contributed by atoms with Gasteiger partial charge in [0.2, 0.25) is 5.91 Å². The Bertz CT molecular complexity index is 1480. The minimum atomic E-state index is -5.35. The molecule has 24 heteroatoms. The number of carbonyl (C=O) groups excluding carboxylic acids is 1. The van der Waals surface area contributed by atoms with E-state index in [-0.39, 0.29) is 0 Å². The number of likely N-dealkylation sites (tertiary alicyclic amines) is 1. The number of aromatic amines is 1. The smallest absolute Gasteiger partial charge is 0.370 e. The van der Waals surface area contributed by atoms with Crippen LogP contribution in [-0.2, 0) is 33.7 Å². The molecule has 6 heterocycles. The van der Waals surface area contributed by atoms with Gasteiger partial charge in [0.25, 0.3) is 0 Å². The minimum Gasteiger partial charge on any atom is -0.379 e. The highest BCUT2D eigenvalue weighted by Crippen LogP contribution is 2.38. The molecule has 3 aliphatic heterocycles. The molecule has 1 amide bonds. The first-order chi connectivity index (χ1) is 31.8. The molecular formula is C42H79F6N15O3. The number of halogens is 6. The maximum Gasteiger partial charge on any atom is 0.370 e. The van der Waals surface area contributed by atoms with Crippen LogP contribution >= 0.6 is 0 Å². The number of alkyl halides is 6. The van der Waals surface area contributed by atoms with Crippen molar-refractivity contribution in [1.29, 1.82) is 0 Å². The van der Waals surface area contributed by atoms with Crippen LogP contribution in [0.1, 0.15) is 43.5 Å². The van der Waals surface area contributed by atoms with Crippen molar-refractivity contribution in [2.24, 2.45) is 40.1 Å². The van der Waals surface area contributed by atoms with Gasteiger partial charge in [0.1, 0.15) is 0 Å². The first-order valence-electron chi connectivity index (χ1n) is 22.4. The molecule has 3 aromatic heterocycles. The zero-order valence-corrected chi connectivity index (χ0v) is 38.5. The second-order valence-electron chi connectivity index (χ2n) is 14.7. The minimum absolute atomic E-state index is 0.299. The monoisotopic (exact) mass is 956 g/mol. The number of morpholine rings is 2. The topological polar surface area (TPSA) is 287 Å². The zero-order valence-electron chi connectivity index (χ0n) is 38.5. The van der Waals surface area contributed by atoms with Gasteiger partial charge in [-0.1, -0.05) is 6.07 Å². The van der Waals surface area contributed by atoms with E-state index < -0.39 is 24.8 Å². The molecule has 0 bridgehead atoms. The van der Waals surface area contributed by atoms with E-state index in [1.54, 1.807) is 31.2 Å². The third kappa shape index (κ3) is 30.5. The molecule has 3 aromatic rings. The molecule has 3 fully saturated rings. The molecule has 0 saturated carbocycles. The zero-order chi connectivity index (χ0) is 49.3. The Morgan fingerprint density at radius 3 is 1.71 bits per heavy atom. The molecule has 0 aromatic carbocycles. The number of hydrogen-bond acceptors (Lipinski definition) is 15. The Balaban J connectivity index is 0.000000748. The third-order valence-electron chi connectivity index (χ3n) is 9.43. The fourth-order valence-electron chi connectivity index (χ4n) is 5.63. The van der Waals surface area contributed by atoms with E-state index in [2.05, 4.69) is 35.5 Å². The molecule has 3 aliphatic rings. The quantitative estimate of drug-likeness (QED) is 0.0830. The molecule has 0 unspecified atom stereocenters. The second kappa shape index (κ2) is 40.3. The van der Waals surface area contributed by atoms with E-state index in [9.17, 15) is 31.1 Å². The SMILES string of the molecule is NCC(F)(F)C(F)(F)C(F)F.NCCCN1CCCC1=O.NCCCN1CCOCC1.NCCCn1ccnc1.NCCN1CCOCC1.NCCc1ccccn1.NCCc1cnc[nH]1. The summed E-state index contributed by atoms with van der Waals surface area (Å²) < 4.78 is 82.0. The van der Waals surface area contributed by atoms with E-state index in [0.29, 0.717) is 25.5 Å². The maximum atomic E-state index is 11.8. The number of aromatic nitrogens is 5. The van der Waals surface area contributed by atoms with Gasteiger partial charge in [-0.3, -0.25) is 19.6 Å². The van der Waals surface area contributed by atoms with Crippen LogP contribution < -0.4 is 40.1 Å². The first-order valence-corrected chi connectivity index (χ1v) is 22.4. The van der Waals surface area contributed by atoms with Crippen molar-refractivity contribution in [3.05, 3.63) is 67.0 Å². The van der Waals surface area contributed by atoms with Gasteiger partial charge in [0.15, 0.2) is 0 Å². The fourth-order valence-corrected chi connectivity index (χ4v) is 5.63. The summed E-state index contributed by atoms with van der Waals surface area (Å²) in [7, 11) is 0. The second-order valence-corrected chi connectivity index (χ2v) is 14.7. The van der Waals surface area contributed by atoms with Crippen LogP contribution in [0.25, 0.3) is 0 Å². The van der Waals surface area contributed by atoms with Crippen LogP contribution in [0.4, 0.5) is 26.3 Å². The number of carbonyl (C=O) groups is 1. The number of aryl methyl sites for hydroxylation is 1. The number of nitrogens with two attached hydrogens (primary N) is 7. The van der Waals surface area contributed by atoms with Crippen LogP contribution in [0.3, 0.4) is 0 Å². The highest BCUT2D eigenvalue weighted by Gasteiger charge is 2.61. The summed E-state index contributed by atoms with van der Waals surface area (Å²) in [6.45, 7) is 15.3. The van der Waals surface area contributed by atoms with Gasteiger partial charge in [-0.2, -0.15) is 17.6 Å². The van der Waals surface area contributed by atoms with Crippen molar-refractivity contribution in [3.8, 4) is 0 Å². The molecule has 382 valence electrons. The summed E-state index contributed by atoms with van der Waals surface area (Å²) >= 11 is 0. The van der Waals surface area contributed by atoms with Crippen molar-refractivity contribution < 1.29 is 40.6 Å². The van der Waals surface area contributed by atoms with Crippen molar-refractivity contribution in [3.63, 3.8) is 0 Å². The maximum absolute atomic E-state index is 11.8. The normalized spacial score (nSPS) is 15.2. The van der Waals surface area contributed by atoms with E-state index in [1.165, 1.54) is 0 Å². The van der Waals surface area contributed by atoms with E-state index in [0.717, 1.165) is 161 Å². The van der Waals surface area contributed by atoms with Gasteiger partial charge in [-0.15, -0.1) is 0 Å². The van der Waals surface area contributed by atoms with Gasteiger partial charge in [0, 0.05) is 114 Å². The average molecular weight is 956 g/mol. The van der Waals surface area contributed by atoms with Gasteiger partial charge in [-0.05, 0) is 77.1 Å². The van der Waals surface area contributed by atoms with Gasteiger partial charge in [-0.25, -0.2) is 18.7 Å². The summed E-state index contributed by atoms with van der Waals surface area (Å²) in [5, 5.41) is 0. The van der Waals surface area contributed by atoms with Crippen LogP contribution in [0.5, 0.6) is 0 Å². The van der Waals surface area contributed by atoms with Crippen LogP contribution in [0.15, 0.2) is 55.6 Å². The lowest BCUT2D eigenvalue weighted by Crippen LogP contribution is -2.50. The Morgan fingerprint density at radius 2 is 1.29 bits per heavy atom. The van der Waals surface area contributed by atoms with Crippen molar-refractivity contribution in [2.45, 2.75) is 69.8 Å². The largest absolute Gasteiger partial charge is 0.379 e. The predicted octanol–water partition coefficient (Wildman–Crippen LogP) is 1.11. The van der Waals surface area contributed by atoms with E-state index >= 15 is 0 Å². The third-order valence-corrected chi connectivity index (χ3v) is 9.43. The average Bonchev–Trinajstić information content (AvgIpc) is 4.15. The predicted molar refractivity (Wildman–Crippen MR) is 246 cm³/mol. The fraction of sp³-hybridized carbons (Fsp3) is 0.714. The summed E-state index contributed by atoms with van der Waals surface area (Å²) in [6, 6.07) is 5.85. The molecule has 0 spiro atoms. The summed E-state index contributed by atoms with van der Waals surface area (Å²) in [4.78, 5) is 32.3. The van der Waals surface area contributed by atoms with Crippen molar-refractivity contribution >= 4 is 5.91 Å². The Morgan fingerprint density at radius 1 is 0.697 bits per heavy atom. The number of amides is 1. The van der Waals surface area contributed by atoms with E-state index in [4.69, 9.17) is 43.9 Å². The Kier molecular flexibility index (Phi) is 37.9. The van der Waals surface area contributed by atoms with Crippen LogP contribution in [0, 0.1) is 0 Å². The van der Waals surface area contributed by atoms with E-state index in [1.807, 2.05) is 33.9 Å². The van der Waals surface area contributed by atoms with Crippen LogP contribution in [-0.4, -0.2) is 188 Å². The molecule has 66 heavy (non-hydrogen) atoms. The number of ether oxygens (including phenoxy) is 2. The number of rotatable bonds is 18. The number of pyridine rings is 1. The highest BCUT2D eigenvalue weighted by molar-refractivity contribution is 5.77. The first kappa shape index (κ1) is 62.2. The van der Waals surface area contributed by atoms with Gasteiger partial charge in [0.05, 0.1) is 45.6 Å². The molecule has 0 aliphatic carbocycles. The molecule has 18 nitrogen and oxygen atoms in total. The number of H-pyrrole nitrogens is 1. The van der Waals surface area contributed by atoms with Crippen molar-refractivity contribution in [1.82, 2.24) is 39.2 Å². The summed E-state index contributed by atoms with van der Waals surface area (Å²) in [5.74, 6) is -9.89. The number of nitrogens with zero attached hydrogens (tertiary/aromatic N) is 7. The van der Waals surface area contributed by atoms with Crippen LogP contribution in [0.2, 0.25) is 0 Å².